The maximum Gasteiger partial charge on any atom is 0.165 e. The zero-order valence-corrected chi connectivity index (χ0v) is 12.9. The Kier molecular flexibility index (Phi) is 6.99. The van der Waals surface area contributed by atoms with Crippen molar-refractivity contribution in [3.63, 3.8) is 0 Å². The van der Waals surface area contributed by atoms with Crippen LogP contribution >= 0.6 is 11.6 Å². The molecule has 0 aromatic heterocycles. The molecule has 1 aromatic rings. The lowest BCUT2D eigenvalue weighted by atomic mass is 10.2. The second-order valence-electron chi connectivity index (χ2n) is 4.51. The topological polar surface area (TPSA) is 33.7 Å². The number of halogens is 1. The van der Waals surface area contributed by atoms with Crippen LogP contribution in [0.1, 0.15) is 12.5 Å². The number of rotatable bonds is 8. The van der Waals surface area contributed by atoms with Crippen molar-refractivity contribution in [1.29, 1.82) is 0 Å². The summed E-state index contributed by atoms with van der Waals surface area (Å²) in [6.07, 6.45) is 0. The van der Waals surface area contributed by atoms with Crippen molar-refractivity contribution in [2.24, 2.45) is 0 Å². The Morgan fingerprint density at radius 3 is 2.63 bits per heavy atom. The molecule has 0 spiro atoms. The Morgan fingerprint density at radius 2 is 2.05 bits per heavy atom. The monoisotopic (exact) mass is 286 g/mol. The van der Waals surface area contributed by atoms with Crippen molar-refractivity contribution in [2.75, 3.05) is 40.9 Å². The molecule has 1 rings (SSSR count). The molecule has 1 aromatic carbocycles. The first-order chi connectivity index (χ1) is 9.08. The molecule has 4 nitrogen and oxygen atoms in total. The standard InChI is InChI=1S/C14H23ClN2O2/c1-5-19-14-11(10-16-6-7-17(2)3)8-12(15)9-13(14)18-4/h8-9,16H,5-7,10H2,1-4H3. The van der Waals surface area contributed by atoms with Gasteiger partial charge in [-0.2, -0.15) is 0 Å². The van der Waals surface area contributed by atoms with Gasteiger partial charge in [0.2, 0.25) is 0 Å². The first-order valence-corrected chi connectivity index (χ1v) is 6.81. The summed E-state index contributed by atoms with van der Waals surface area (Å²) in [5, 5.41) is 4.03. The highest BCUT2D eigenvalue weighted by atomic mass is 35.5. The van der Waals surface area contributed by atoms with Crippen molar-refractivity contribution < 1.29 is 9.47 Å². The molecule has 0 amide bonds. The van der Waals surface area contributed by atoms with Gasteiger partial charge in [-0.3, -0.25) is 0 Å². The van der Waals surface area contributed by atoms with E-state index in [0.29, 0.717) is 23.9 Å². The van der Waals surface area contributed by atoms with Crippen molar-refractivity contribution in [1.82, 2.24) is 10.2 Å². The summed E-state index contributed by atoms with van der Waals surface area (Å²) in [5.74, 6) is 1.45. The number of benzene rings is 1. The number of hydrogen-bond donors (Lipinski definition) is 1. The minimum absolute atomic E-state index is 0.600. The Morgan fingerprint density at radius 1 is 1.32 bits per heavy atom. The summed E-state index contributed by atoms with van der Waals surface area (Å²) in [5.41, 5.74) is 1.02. The van der Waals surface area contributed by atoms with Gasteiger partial charge in [-0.25, -0.2) is 0 Å². The van der Waals surface area contributed by atoms with E-state index in [9.17, 15) is 0 Å². The molecule has 19 heavy (non-hydrogen) atoms. The minimum Gasteiger partial charge on any atom is -0.493 e. The zero-order chi connectivity index (χ0) is 14.3. The van der Waals surface area contributed by atoms with Crippen molar-refractivity contribution in [2.45, 2.75) is 13.5 Å². The van der Waals surface area contributed by atoms with E-state index in [2.05, 4.69) is 24.3 Å². The van der Waals surface area contributed by atoms with Crippen LogP contribution in [0.25, 0.3) is 0 Å². The van der Waals surface area contributed by atoms with Crippen LogP contribution in [0.5, 0.6) is 11.5 Å². The highest BCUT2D eigenvalue weighted by Crippen LogP contribution is 2.34. The van der Waals surface area contributed by atoms with Crippen LogP contribution in [-0.4, -0.2) is 45.8 Å². The van der Waals surface area contributed by atoms with Gasteiger partial charge in [-0.05, 0) is 27.1 Å². The molecule has 0 radical (unpaired) electrons. The quantitative estimate of drug-likeness (QED) is 0.744. The fourth-order valence-electron chi connectivity index (χ4n) is 1.74. The van der Waals surface area contributed by atoms with Gasteiger partial charge in [0.15, 0.2) is 11.5 Å². The first kappa shape index (κ1) is 16.1. The summed E-state index contributed by atoms with van der Waals surface area (Å²) in [4.78, 5) is 2.13. The molecular weight excluding hydrogens is 264 g/mol. The molecule has 5 heteroatoms. The van der Waals surface area contributed by atoms with Crippen LogP contribution < -0.4 is 14.8 Å². The van der Waals surface area contributed by atoms with Crippen molar-refractivity contribution in [3.05, 3.63) is 22.7 Å². The first-order valence-electron chi connectivity index (χ1n) is 6.43. The van der Waals surface area contributed by atoms with Crippen LogP contribution in [0.2, 0.25) is 5.02 Å². The largest absolute Gasteiger partial charge is 0.493 e. The number of ether oxygens (including phenoxy) is 2. The second kappa shape index (κ2) is 8.25. The van der Waals surface area contributed by atoms with Crippen molar-refractivity contribution in [3.8, 4) is 11.5 Å². The second-order valence-corrected chi connectivity index (χ2v) is 4.95. The molecular formula is C14H23ClN2O2. The fourth-order valence-corrected chi connectivity index (χ4v) is 1.97. The molecule has 0 saturated heterocycles. The van der Waals surface area contributed by atoms with Gasteiger partial charge >= 0.3 is 0 Å². The Balaban J connectivity index is 2.76. The molecule has 0 saturated carbocycles. The molecule has 0 aliphatic carbocycles. The van der Waals surface area contributed by atoms with Gasteiger partial charge in [0.1, 0.15) is 0 Å². The summed E-state index contributed by atoms with van der Waals surface area (Å²) in [6, 6.07) is 3.69. The van der Waals surface area contributed by atoms with E-state index >= 15 is 0 Å². The number of likely N-dealkylation sites (N-methyl/N-ethyl adjacent to an activating group) is 1. The van der Waals surface area contributed by atoms with E-state index in [1.165, 1.54) is 0 Å². The van der Waals surface area contributed by atoms with Gasteiger partial charge in [0, 0.05) is 36.3 Å². The van der Waals surface area contributed by atoms with E-state index in [0.717, 1.165) is 24.4 Å². The van der Waals surface area contributed by atoms with Gasteiger partial charge in [-0.15, -0.1) is 0 Å². The van der Waals surface area contributed by atoms with Crippen LogP contribution in [0.15, 0.2) is 12.1 Å². The summed E-state index contributed by atoms with van der Waals surface area (Å²) < 4.78 is 11.0. The predicted molar refractivity (Wildman–Crippen MR) is 79.4 cm³/mol. The van der Waals surface area contributed by atoms with E-state index in [1.54, 1.807) is 13.2 Å². The van der Waals surface area contributed by atoms with Gasteiger partial charge < -0.3 is 19.7 Å². The third-order valence-electron chi connectivity index (χ3n) is 2.66. The van der Waals surface area contributed by atoms with Crippen LogP contribution in [0.4, 0.5) is 0 Å². The van der Waals surface area contributed by atoms with E-state index < -0.39 is 0 Å². The molecule has 0 aliphatic heterocycles. The molecule has 108 valence electrons. The van der Waals surface area contributed by atoms with Crippen LogP contribution in [0, 0.1) is 0 Å². The fraction of sp³-hybridized carbons (Fsp3) is 0.571. The molecule has 0 bridgehead atoms. The normalized spacial score (nSPS) is 10.8. The van der Waals surface area contributed by atoms with Gasteiger partial charge in [-0.1, -0.05) is 11.6 Å². The molecule has 1 N–H and O–H groups in total. The molecule has 0 unspecified atom stereocenters. The average molecular weight is 287 g/mol. The number of methoxy groups -OCH3 is 1. The molecule has 0 heterocycles. The Labute approximate surface area is 120 Å². The lowest BCUT2D eigenvalue weighted by molar-refractivity contribution is 0.306. The zero-order valence-electron chi connectivity index (χ0n) is 12.1. The number of hydrogen-bond acceptors (Lipinski definition) is 4. The third-order valence-corrected chi connectivity index (χ3v) is 2.87. The summed E-state index contributed by atoms with van der Waals surface area (Å²) >= 11 is 6.09. The highest BCUT2D eigenvalue weighted by Gasteiger charge is 2.12. The smallest absolute Gasteiger partial charge is 0.165 e. The molecule has 0 atom stereocenters. The molecule has 0 fully saturated rings. The van der Waals surface area contributed by atoms with Gasteiger partial charge in [0.05, 0.1) is 13.7 Å². The lowest BCUT2D eigenvalue weighted by Gasteiger charge is -2.16. The van der Waals surface area contributed by atoms with E-state index in [1.807, 2.05) is 13.0 Å². The predicted octanol–water partition coefficient (Wildman–Crippen LogP) is 2.40. The van der Waals surface area contributed by atoms with E-state index in [-0.39, 0.29) is 0 Å². The van der Waals surface area contributed by atoms with Crippen LogP contribution in [-0.2, 0) is 6.54 Å². The SMILES string of the molecule is CCOc1c(CNCCN(C)C)cc(Cl)cc1OC. The summed E-state index contributed by atoms with van der Waals surface area (Å²) in [6.45, 7) is 5.16. The number of nitrogens with zero attached hydrogens (tertiary/aromatic N) is 1. The molecule has 0 aliphatic rings. The summed E-state index contributed by atoms with van der Waals surface area (Å²) in [7, 11) is 5.73. The number of nitrogens with one attached hydrogen (secondary N) is 1. The van der Waals surface area contributed by atoms with Gasteiger partial charge in [0.25, 0.3) is 0 Å². The highest BCUT2D eigenvalue weighted by molar-refractivity contribution is 6.30. The lowest BCUT2D eigenvalue weighted by Crippen LogP contribution is -2.26. The average Bonchev–Trinajstić information content (AvgIpc) is 2.36. The van der Waals surface area contributed by atoms with Crippen LogP contribution in [0.3, 0.4) is 0 Å². The maximum atomic E-state index is 6.09. The maximum absolute atomic E-state index is 6.09. The van der Waals surface area contributed by atoms with Crippen molar-refractivity contribution >= 4 is 11.6 Å². The Bertz CT molecular complexity index is 397. The minimum atomic E-state index is 0.600. The van der Waals surface area contributed by atoms with E-state index in [4.69, 9.17) is 21.1 Å². The Hall–Kier alpha value is -0.970. The third kappa shape index (κ3) is 5.27.